The molecule has 1 aromatic rings. The van der Waals surface area contributed by atoms with Gasteiger partial charge in [-0.2, -0.15) is 0 Å². The third-order valence-corrected chi connectivity index (χ3v) is 4.40. The average Bonchev–Trinajstić information content (AvgIpc) is 2.98. The molecule has 2 heterocycles. The summed E-state index contributed by atoms with van der Waals surface area (Å²) in [5.74, 6) is 1.95. The van der Waals surface area contributed by atoms with Crippen LogP contribution in [0.15, 0.2) is 9.41 Å². The Hall–Kier alpha value is -1.40. The smallest absolute Gasteiger partial charge is 0.243 e. The molecule has 1 aromatic heterocycles. The van der Waals surface area contributed by atoms with E-state index in [-0.39, 0.29) is 36.4 Å². The first-order chi connectivity index (χ1) is 13.0. The molecule has 0 spiro atoms. The standard InChI is InChI=1S/C18H32N6O3.HI/c1-14-15(2)27-16(22-14)12-20-18(21-13-17(25)23(3)4)19-6-5-7-24-8-10-26-11-9-24;/h5-13H2,1-4H3,(H2,19,20,21);1H. The molecule has 9 nitrogen and oxygen atoms in total. The molecule has 2 N–H and O–H groups in total. The van der Waals surface area contributed by atoms with Crippen LogP contribution in [0.3, 0.4) is 0 Å². The molecule has 10 heteroatoms. The molecule has 2 rings (SSSR count). The van der Waals surface area contributed by atoms with Gasteiger partial charge in [0.05, 0.1) is 25.5 Å². The number of hydrogen-bond acceptors (Lipinski definition) is 6. The number of likely N-dealkylation sites (N-methyl/N-ethyl adjacent to an activating group) is 1. The van der Waals surface area contributed by atoms with E-state index in [9.17, 15) is 4.79 Å². The minimum atomic E-state index is -0.0489. The van der Waals surface area contributed by atoms with E-state index in [1.807, 2.05) is 13.8 Å². The first-order valence-corrected chi connectivity index (χ1v) is 9.41. The van der Waals surface area contributed by atoms with Crippen molar-refractivity contribution in [2.75, 3.05) is 60.0 Å². The molecule has 0 radical (unpaired) electrons. The van der Waals surface area contributed by atoms with Crippen molar-refractivity contribution in [1.82, 2.24) is 25.4 Å². The highest BCUT2D eigenvalue weighted by Gasteiger charge is 2.11. The lowest BCUT2D eigenvalue weighted by molar-refractivity contribution is -0.127. The Morgan fingerprint density at radius 2 is 1.96 bits per heavy atom. The summed E-state index contributed by atoms with van der Waals surface area (Å²) in [6, 6.07) is 0. The molecule has 0 aromatic carbocycles. The first kappa shape index (κ1) is 24.6. The Balaban J connectivity index is 0.00000392. The average molecular weight is 508 g/mol. The molecular formula is C18H33IN6O3. The molecule has 160 valence electrons. The van der Waals surface area contributed by atoms with Crippen LogP contribution in [0.5, 0.6) is 0 Å². The van der Waals surface area contributed by atoms with Crippen molar-refractivity contribution in [3.8, 4) is 0 Å². The zero-order valence-electron chi connectivity index (χ0n) is 17.3. The first-order valence-electron chi connectivity index (χ1n) is 9.41. The van der Waals surface area contributed by atoms with Crippen molar-refractivity contribution >= 4 is 35.8 Å². The van der Waals surface area contributed by atoms with Crippen LogP contribution in [0.2, 0.25) is 0 Å². The van der Waals surface area contributed by atoms with E-state index in [0.29, 0.717) is 18.4 Å². The summed E-state index contributed by atoms with van der Waals surface area (Å²) >= 11 is 0. The van der Waals surface area contributed by atoms with Gasteiger partial charge in [-0.3, -0.25) is 9.69 Å². The Morgan fingerprint density at radius 3 is 2.57 bits per heavy atom. The van der Waals surface area contributed by atoms with Crippen molar-refractivity contribution in [2.24, 2.45) is 4.99 Å². The maximum atomic E-state index is 11.8. The van der Waals surface area contributed by atoms with E-state index in [1.54, 1.807) is 14.1 Å². The summed E-state index contributed by atoms with van der Waals surface area (Å²) in [6.07, 6.45) is 0.986. The van der Waals surface area contributed by atoms with E-state index < -0.39 is 0 Å². The number of carbonyl (C=O) groups is 1. The van der Waals surface area contributed by atoms with Gasteiger partial charge in [-0.25, -0.2) is 9.98 Å². The van der Waals surface area contributed by atoms with Gasteiger partial charge in [-0.05, 0) is 26.8 Å². The highest BCUT2D eigenvalue weighted by atomic mass is 127. The number of oxazole rings is 1. The number of rotatable bonds is 8. The molecule has 0 aliphatic carbocycles. The lowest BCUT2D eigenvalue weighted by Gasteiger charge is -2.26. The van der Waals surface area contributed by atoms with Crippen LogP contribution in [0.4, 0.5) is 0 Å². The van der Waals surface area contributed by atoms with Crippen LogP contribution in [-0.4, -0.2) is 86.7 Å². The summed E-state index contributed by atoms with van der Waals surface area (Å²) < 4.78 is 10.9. The van der Waals surface area contributed by atoms with Crippen LogP contribution in [0, 0.1) is 13.8 Å². The second kappa shape index (κ2) is 12.9. The number of guanidine groups is 1. The van der Waals surface area contributed by atoms with E-state index in [0.717, 1.165) is 57.3 Å². The molecule has 0 saturated carbocycles. The largest absolute Gasteiger partial charge is 0.444 e. The van der Waals surface area contributed by atoms with Gasteiger partial charge in [0, 0.05) is 33.7 Å². The van der Waals surface area contributed by atoms with Gasteiger partial charge in [0.25, 0.3) is 0 Å². The third-order valence-electron chi connectivity index (χ3n) is 4.40. The number of carbonyl (C=O) groups excluding carboxylic acids is 1. The van der Waals surface area contributed by atoms with Gasteiger partial charge < -0.3 is 24.7 Å². The second-order valence-electron chi connectivity index (χ2n) is 6.79. The normalized spacial score (nSPS) is 15.1. The summed E-state index contributed by atoms with van der Waals surface area (Å²) in [7, 11) is 3.44. The number of aliphatic imine (C=N–C) groups is 1. The molecular weight excluding hydrogens is 475 g/mol. The number of morpholine rings is 1. The molecule has 1 saturated heterocycles. The van der Waals surface area contributed by atoms with Crippen molar-refractivity contribution in [2.45, 2.75) is 26.8 Å². The van der Waals surface area contributed by atoms with Crippen LogP contribution < -0.4 is 10.6 Å². The van der Waals surface area contributed by atoms with Crippen molar-refractivity contribution < 1.29 is 13.9 Å². The number of nitrogens with one attached hydrogen (secondary N) is 2. The summed E-state index contributed by atoms with van der Waals surface area (Å²) in [5, 5.41) is 6.47. The minimum absolute atomic E-state index is 0. The van der Waals surface area contributed by atoms with Gasteiger partial charge in [0.15, 0.2) is 5.96 Å². The Morgan fingerprint density at radius 1 is 1.25 bits per heavy atom. The molecule has 1 fully saturated rings. The molecule has 0 atom stereocenters. The van der Waals surface area contributed by atoms with Crippen molar-refractivity contribution in [3.63, 3.8) is 0 Å². The molecule has 0 bridgehead atoms. The number of hydrogen-bond donors (Lipinski definition) is 2. The quantitative estimate of drug-likeness (QED) is 0.232. The molecule has 1 amide bonds. The van der Waals surface area contributed by atoms with Gasteiger partial charge in [-0.1, -0.05) is 0 Å². The predicted octanol–water partition coefficient (Wildman–Crippen LogP) is 0.755. The number of aryl methyl sites for hydroxylation is 2. The Bertz CT molecular complexity index is 609. The Kier molecular flexibility index (Phi) is 11.4. The molecule has 28 heavy (non-hydrogen) atoms. The molecule has 1 aliphatic rings. The second-order valence-corrected chi connectivity index (χ2v) is 6.79. The van der Waals surface area contributed by atoms with Crippen LogP contribution >= 0.6 is 24.0 Å². The van der Waals surface area contributed by atoms with Crippen LogP contribution in [-0.2, 0) is 16.1 Å². The SMILES string of the molecule is Cc1nc(CNC(=NCC(=O)N(C)C)NCCCN2CCOCC2)oc1C.I. The fraction of sp³-hybridized carbons (Fsp3) is 0.722. The fourth-order valence-electron chi connectivity index (χ4n) is 2.57. The Labute approximate surface area is 184 Å². The maximum absolute atomic E-state index is 11.8. The third kappa shape index (κ3) is 8.74. The maximum Gasteiger partial charge on any atom is 0.243 e. The molecule has 0 unspecified atom stereocenters. The highest BCUT2D eigenvalue weighted by Crippen LogP contribution is 2.07. The van der Waals surface area contributed by atoms with E-state index in [2.05, 4.69) is 25.5 Å². The van der Waals surface area contributed by atoms with Crippen LogP contribution in [0.1, 0.15) is 23.8 Å². The minimum Gasteiger partial charge on any atom is -0.444 e. The van der Waals surface area contributed by atoms with Gasteiger partial charge in [0.2, 0.25) is 11.8 Å². The van der Waals surface area contributed by atoms with Gasteiger partial charge in [0.1, 0.15) is 12.3 Å². The summed E-state index contributed by atoms with van der Waals surface area (Å²) in [4.78, 5) is 24.5. The van der Waals surface area contributed by atoms with Crippen LogP contribution in [0.25, 0.3) is 0 Å². The predicted molar refractivity (Wildman–Crippen MR) is 119 cm³/mol. The lowest BCUT2D eigenvalue weighted by Crippen LogP contribution is -2.41. The molecule has 1 aliphatic heterocycles. The van der Waals surface area contributed by atoms with Crippen molar-refractivity contribution in [1.29, 1.82) is 0 Å². The monoisotopic (exact) mass is 508 g/mol. The number of halogens is 1. The highest BCUT2D eigenvalue weighted by molar-refractivity contribution is 14.0. The summed E-state index contributed by atoms with van der Waals surface area (Å²) in [6.45, 7) is 9.68. The zero-order chi connectivity index (χ0) is 19.6. The van der Waals surface area contributed by atoms with Gasteiger partial charge >= 0.3 is 0 Å². The lowest BCUT2D eigenvalue weighted by atomic mass is 10.3. The number of nitrogens with zero attached hydrogens (tertiary/aromatic N) is 4. The fourth-order valence-corrected chi connectivity index (χ4v) is 2.57. The van der Waals surface area contributed by atoms with Gasteiger partial charge in [-0.15, -0.1) is 24.0 Å². The topological polar surface area (TPSA) is 95.2 Å². The van der Waals surface area contributed by atoms with E-state index in [1.165, 1.54) is 4.90 Å². The van der Waals surface area contributed by atoms with Crippen molar-refractivity contribution in [3.05, 3.63) is 17.3 Å². The zero-order valence-corrected chi connectivity index (χ0v) is 19.6. The summed E-state index contributed by atoms with van der Waals surface area (Å²) in [5.41, 5.74) is 0.881. The van der Waals surface area contributed by atoms with E-state index in [4.69, 9.17) is 9.15 Å². The number of aromatic nitrogens is 1. The number of ether oxygens (including phenoxy) is 1. The number of amides is 1. The van der Waals surface area contributed by atoms with E-state index >= 15 is 0 Å².